The van der Waals surface area contributed by atoms with Crippen LogP contribution in [0.25, 0.3) is 0 Å². The highest BCUT2D eigenvalue weighted by Crippen LogP contribution is 2.22. The molecule has 0 amide bonds. The van der Waals surface area contributed by atoms with E-state index in [0.29, 0.717) is 6.04 Å². The molecule has 0 aliphatic carbocycles. The number of rotatable bonds is 6. The third-order valence-corrected chi connectivity index (χ3v) is 4.03. The molecule has 0 saturated carbocycles. The highest BCUT2D eigenvalue weighted by Gasteiger charge is 2.07. The molecule has 19 heavy (non-hydrogen) atoms. The minimum atomic E-state index is 0.381. The molecule has 1 nitrogen and oxygen atoms in total. The molecule has 100 valence electrons. The molecule has 0 radical (unpaired) electrons. The summed E-state index contributed by atoms with van der Waals surface area (Å²) < 4.78 is 1.18. The SMILES string of the molecule is C[C@H](NCCCc1ccccc1)c1ccccc1Br. The van der Waals surface area contributed by atoms with E-state index in [0.717, 1.165) is 13.0 Å². The molecule has 0 aliphatic heterocycles. The maximum absolute atomic E-state index is 3.60. The number of aryl methyl sites for hydroxylation is 1. The molecule has 1 atom stereocenters. The molecule has 2 rings (SSSR count). The summed E-state index contributed by atoms with van der Waals surface area (Å²) >= 11 is 3.60. The van der Waals surface area contributed by atoms with E-state index in [4.69, 9.17) is 0 Å². The van der Waals surface area contributed by atoms with Crippen LogP contribution in [0.4, 0.5) is 0 Å². The van der Waals surface area contributed by atoms with Gasteiger partial charge in [0.25, 0.3) is 0 Å². The first-order valence-electron chi connectivity index (χ1n) is 6.79. The average molecular weight is 318 g/mol. The van der Waals surface area contributed by atoms with Crippen molar-refractivity contribution in [2.75, 3.05) is 6.54 Å². The van der Waals surface area contributed by atoms with E-state index in [1.807, 2.05) is 0 Å². The minimum Gasteiger partial charge on any atom is -0.310 e. The summed E-state index contributed by atoms with van der Waals surface area (Å²) in [4.78, 5) is 0. The van der Waals surface area contributed by atoms with Gasteiger partial charge in [0.2, 0.25) is 0 Å². The third kappa shape index (κ3) is 4.48. The van der Waals surface area contributed by atoms with Gasteiger partial charge in [0.15, 0.2) is 0 Å². The van der Waals surface area contributed by atoms with Crippen molar-refractivity contribution in [3.63, 3.8) is 0 Å². The molecule has 0 aromatic heterocycles. The van der Waals surface area contributed by atoms with Crippen LogP contribution in [0.1, 0.15) is 30.5 Å². The highest BCUT2D eigenvalue weighted by molar-refractivity contribution is 9.10. The topological polar surface area (TPSA) is 12.0 Å². The lowest BCUT2D eigenvalue weighted by molar-refractivity contribution is 0.557. The van der Waals surface area contributed by atoms with Crippen molar-refractivity contribution in [1.82, 2.24) is 5.32 Å². The van der Waals surface area contributed by atoms with E-state index in [9.17, 15) is 0 Å². The Morgan fingerprint density at radius 2 is 1.68 bits per heavy atom. The molecule has 1 N–H and O–H groups in total. The molecular weight excluding hydrogens is 298 g/mol. The Morgan fingerprint density at radius 3 is 2.42 bits per heavy atom. The zero-order chi connectivity index (χ0) is 13.5. The Bertz CT molecular complexity index is 496. The Morgan fingerprint density at radius 1 is 1.00 bits per heavy atom. The van der Waals surface area contributed by atoms with Gasteiger partial charge in [-0.3, -0.25) is 0 Å². The van der Waals surface area contributed by atoms with Crippen LogP contribution in [0.2, 0.25) is 0 Å². The fourth-order valence-electron chi connectivity index (χ4n) is 2.19. The van der Waals surface area contributed by atoms with E-state index in [1.165, 1.54) is 22.0 Å². The first-order chi connectivity index (χ1) is 9.27. The number of nitrogens with one attached hydrogen (secondary N) is 1. The van der Waals surface area contributed by atoms with Gasteiger partial charge in [-0.05, 0) is 43.5 Å². The lowest BCUT2D eigenvalue weighted by Crippen LogP contribution is -2.20. The predicted octanol–water partition coefficient (Wildman–Crippen LogP) is 4.73. The fourth-order valence-corrected chi connectivity index (χ4v) is 2.82. The van der Waals surface area contributed by atoms with Crippen molar-refractivity contribution in [2.24, 2.45) is 0 Å². The Labute approximate surface area is 124 Å². The second-order valence-corrected chi connectivity index (χ2v) is 5.64. The molecule has 0 heterocycles. The molecular formula is C17H20BrN. The number of benzene rings is 2. The fraction of sp³-hybridized carbons (Fsp3) is 0.294. The molecule has 2 aromatic carbocycles. The first-order valence-corrected chi connectivity index (χ1v) is 7.58. The molecule has 0 unspecified atom stereocenters. The number of halogens is 1. The van der Waals surface area contributed by atoms with Crippen molar-refractivity contribution in [1.29, 1.82) is 0 Å². The molecule has 2 aromatic rings. The monoisotopic (exact) mass is 317 g/mol. The minimum absolute atomic E-state index is 0.381. The van der Waals surface area contributed by atoms with Crippen LogP contribution >= 0.6 is 15.9 Å². The number of hydrogen-bond acceptors (Lipinski definition) is 1. The summed E-state index contributed by atoms with van der Waals surface area (Å²) in [6.45, 7) is 3.25. The highest BCUT2D eigenvalue weighted by atomic mass is 79.9. The molecule has 0 spiro atoms. The predicted molar refractivity (Wildman–Crippen MR) is 85.3 cm³/mol. The van der Waals surface area contributed by atoms with Crippen LogP contribution in [-0.2, 0) is 6.42 Å². The second-order valence-electron chi connectivity index (χ2n) is 4.79. The van der Waals surface area contributed by atoms with Gasteiger partial charge >= 0.3 is 0 Å². The normalized spacial score (nSPS) is 12.3. The summed E-state index contributed by atoms with van der Waals surface area (Å²) in [6.07, 6.45) is 2.30. The average Bonchev–Trinajstić information content (AvgIpc) is 2.45. The molecule has 0 fully saturated rings. The van der Waals surface area contributed by atoms with Gasteiger partial charge in [-0.15, -0.1) is 0 Å². The molecule has 0 aliphatic rings. The summed E-state index contributed by atoms with van der Waals surface area (Å²) in [5.41, 5.74) is 2.74. The molecule has 0 saturated heterocycles. The largest absolute Gasteiger partial charge is 0.310 e. The van der Waals surface area contributed by atoms with Crippen LogP contribution in [0.3, 0.4) is 0 Å². The lowest BCUT2D eigenvalue weighted by Gasteiger charge is -2.15. The van der Waals surface area contributed by atoms with Crippen molar-refractivity contribution < 1.29 is 0 Å². The Balaban J connectivity index is 1.76. The zero-order valence-electron chi connectivity index (χ0n) is 11.3. The standard InChI is InChI=1S/C17H20BrN/c1-14(16-11-5-6-12-17(16)18)19-13-7-10-15-8-3-2-4-9-15/h2-6,8-9,11-12,14,19H,7,10,13H2,1H3/t14-/m0/s1. The smallest absolute Gasteiger partial charge is 0.0302 e. The maximum atomic E-state index is 3.60. The van der Waals surface area contributed by atoms with Crippen molar-refractivity contribution in [2.45, 2.75) is 25.8 Å². The van der Waals surface area contributed by atoms with Gasteiger partial charge in [-0.2, -0.15) is 0 Å². The van der Waals surface area contributed by atoms with E-state index in [2.05, 4.69) is 82.8 Å². The first kappa shape index (κ1) is 14.3. The van der Waals surface area contributed by atoms with Crippen LogP contribution in [0.5, 0.6) is 0 Å². The van der Waals surface area contributed by atoms with Crippen molar-refractivity contribution in [3.05, 3.63) is 70.2 Å². The summed E-state index contributed by atoms with van der Waals surface area (Å²) in [5, 5.41) is 3.58. The van der Waals surface area contributed by atoms with Gasteiger partial charge < -0.3 is 5.32 Å². The summed E-state index contributed by atoms with van der Waals surface area (Å²) in [7, 11) is 0. The van der Waals surface area contributed by atoms with E-state index in [1.54, 1.807) is 0 Å². The third-order valence-electron chi connectivity index (χ3n) is 3.31. The lowest BCUT2D eigenvalue weighted by atomic mass is 10.1. The van der Waals surface area contributed by atoms with Gasteiger partial charge in [0.1, 0.15) is 0 Å². The Hall–Kier alpha value is -1.12. The Kier molecular flexibility index (Phi) is 5.62. The number of hydrogen-bond donors (Lipinski definition) is 1. The van der Waals surface area contributed by atoms with Gasteiger partial charge in [-0.1, -0.05) is 64.5 Å². The van der Waals surface area contributed by atoms with Gasteiger partial charge in [-0.25, -0.2) is 0 Å². The van der Waals surface area contributed by atoms with Crippen LogP contribution in [0, 0.1) is 0 Å². The van der Waals surface area contributed by atoms with Crippen molar-refractivity contribution >= 4 is 15.9 Å². The van der Waals surface area contributed by atoms with E-state index < -0.39 is 0 Å². The van der Waals surface area contributed by atoms with Crippen molar-refractivity contribution in [3.8, 4) is 0 Å². The van der Waals surface area contributed by atoms with Crippen LogP contribution < -0.4 is 5.32 Å². The van der Waals surface area contributed by atoms with E-state index >= 15 is 0 Å². The van der Waals surface area contributed by atoms with E-state index in [-0.39, 0.29) is 0 Å². The molecule has 2 heteroatoms. The molecule has 0 bridgehead atoms. The quantitative estimate of drug-likeness (QED) is 0.759. The van der Waals surface area contributed by atoms with Gasteiger partial charge in [0, 0.05) is 10.5 Å². The van der Waals surface area contributed by atoms with Gasteiger partial charge in [0.05, 0.1) is 0 Å². The van der Waals surface area contributed by atoms with Crippen LogP contribution in [-0.4, -0.2) is 6.54 Å². The summed E-state index contributed by atoms with van der Waals surface area (Å²) in [5.74, 6) is 0. The zero-order valence-corrected chi connectivity index (χ0v) is 12.9. The summed E-state index contributed by atoms with van der Waals surface area (Å²) in [6, 6.07) is 19.4. The second kappa shape index (κ2) is 7.46. The van der Waals surface area contributed by atoms with Crippen LogP contribution in [0.15, 0.2) is 59.1 Å². The maximum Gasteiger partial charge on any atom is 0.0302 e.